The number of nitriles is 1. The summed E-state index contributed by atoms with van der Waals surface area (Å²) < 4.78 is 46.1. The van der Waals surface area contributed by atoms with Gasteiger partial charge in [-0.1, -0.05) is 0 Å². The van der Waals surface area contributed by atoms with Crippen LogP contribution in [0.3, 0.4) is 0 Å². The summed E-state index contributed by atoms with van der Waals surface area (Å²) in [7, 11) is 0. The number of nitrogens with zero attached hydrogens (tertiary/aromatic N) is 6. The zero-order chi connectivity index (χ0) is 26.4. The Balaban J connectivity index is 1.26. The molecule has 2 aliphatic heterocycles. The van der Waals surface area contributed by atoms with Crippen molar-refractivity contribution in [3.8, 4) is 6.07 Å². The molecule has 4 heterocycles. The first kappa shape index (κ1) is 26.4. The summed E-state index contributed by atoms with van der Waals surface area (Å²) in [5, 5.41) is 14.3. The third-order valence-electron chi connectivity index (χ3n) is 6.63. The maximum absolute atomic E-state index is 13.5. The Kier molecular flexibility index (Phi) is 8.27. The Morgan fingerprint density at radius 1 is 1.16 bits per heavy atom. The van der Waals surface area contributed by atoms with Crippen LogP contribution in [0, 0.1) is 11.3 Å². The minimum absolute atomic E-state index is 0.0453. The van der Waals surface area contributed by atoms with Crippen molar-refractivity contribution in [2.75, 3.05) is 55.7 Å². The van der Waals surface area contributed by atoms with Crippen LogP contribution in [0.4, 0.5) is 24.7 Å². The molecular formula is C24H28F3N7O3. The number of hydrogen-bond donors (Lipinski definition) is 1. The maximum atomic E-state index is 13.5. The lowest BCUT2D eigenvalue weighted by atomic mass is 10.2. The predicted octanol–water partition coefficient (Wildman–Crippen LogP) is 2.17. The van der Waals surface area contributed by atoms with E-state index in [2.05, 4.69) is 15.0 Å². The van der Waals surface area contributed by atoms with Gasteiger partial charge in [0, 0.05) is 38.9 Å². The largest absolute Gasteiger partial charge is 0.423 e. The first-order valence-corrected chi connectivity index (χ1v) is 12.2. The number of hydrogen-bond acceptors (Lipinski definition) is 8. The number of alkyl halides is 3. The molecule has 0 aliphatic carbocycles. The molecule has 0 unspecified atom stereocenters. The first-order valence-electron chi connectivity index (χ1n) is 12.2. The predicted molar refractivity (Wildman–Crippen MR) is 128 cm³/mol. The highest BCUT2D eigenvalue weighted by Crippen LogP contribution is 2.36. The second-order valence-electron chi connectivity index (χ2n) is 9.01. The fourth-order valence-corrected chi connectivity index (χ4v) is 4.78. The van der Waals surface area contributed by atoms with Gasteiger partial charge in [-0.3, -0.25) is 9.59 Å². The van der Waals surface area contributed by atoms with E-state index in [1.54, 1.807) is 17.0 Å². The second-order valence-corrected chi connectivity index (χ2v) is 9.01. The van der Waals surface area contributed by atoms with E-state index in [1.165, 1.54) is 11.1 Å². The Bertz CT molecular complexity index is 1180. The number of ether oxygens (including phenoxy) is 1. The number of aromatic amines is 1. The summed E-state index contributed by atoms with van der Waals surface area (Å²) in [5.41, 5.74) is -2.28. The molecule has 0 saturated carbocycles. The number of aromatic nitrogens is 3. The molecule has 2 aromatic heterocycles. The normalized spacial score (nSPS) is 18.5. The molecule has 0 radical (unpaired) electrons. The van der Waals surface area contributed by atoms with Crippen LogP contribution in [-0.2, 0) is 15.7 Å². The van der Waals surface area contributed by atoms with Gasteiger partial charge in [-0.15, -0.1) is 0 Å². The zero-order valence-corrected chi connectivity index (χ0v) is 20.2. The van der Waals surface area contributed by atoms with Crippen LogP contribution in [0.25, 0.3) is 0 Å². The average Bonchev–Trinajstić information content (AvgIpc) is 3.20. The van der Waals surface area contributed by atoms with Gasteiger partial charge >= 0.3 is 6.18 Å². The summed E-state index contributed by atoms with van der Waals surface area (Å²) in [6.07, 6.45) is -0.0202. The molecule has 2 aromatic rings. The molecule has 37 heavy (non-hydrogen) atoms. The molecule has 198 valence electrons. The van der Waals surface area contributed by atoms with Crippen LogP contribution in [-0.4, -0.2) is 78.0 Å². The topological polar surface area (TPSA) is 118 Å². The molecule has 2 aliphatic rings. The van der Waals surface area contributed by atoms with Crippen molar-refractivity contribution in [2.45, 2.75) is 37.9 Å². The number of rotatable bonds is 7. The minimum atomic E-state index is -4.80. The fourth-order valence-electron chi connectivity index (χ4n) is 4.78. The number of nitrogens with one attached hydrogen (secondary N) is 1. The highest BCUT2D eigenvalue weighted by molar-refractivity contribution is 5.76. The monoisotopic (exact) mass is 519 g/mol. The van der Waals surface area contributed by atoms with Gasteiger partial charge in [0.05, 0.1) is 43.1 Å². The molecule has 0 aromatic carbocycles. The Labute approximate surface area is 211 Å². The van der Waals surface area contributed by atoms with Crippen LogP contribution < -0.4 is 15.4 Å². The van der Waals surface area contributed by atoms with Gasteiger partial charge in [0.2, 0.25) is 5.91 Å². The van der Waals surface area contributed by atoms with Gasteiger partial charge in [0.15, 0.2) is 0 Å². The van der Waals surface area contributed by atoms with Crippen molar-refractivity contribution in [2.24, 2.45) is 0 Å². The average molecular weight is 520 g/mol. The highest BCUT2D eigenvalue weighted by atomic mass is 19.4. The fraction of sp³-hybridized carbons (Fsp3) is 0.542. The van der Waals surface area contributed by atoms with Crippen LogP contribution in [0.5, 0.6) is 0 Å². The summed E-state index contributed by atoms with van der Waals surface area (Å²) in [6, 6.07) is 5.22. The molecule has 1 atom stereocenters. The van der Waals surface area contributed by atoms with Gasteiger partial charge < -0.3 is 19.4 Å². The second kappa shape index (κ2) is 11.6. The van der Waals surface area contributed by atoms with Gasteiger partial charge in [0.1, 0.15) is 17.5 Å². The van der Waals surface area contributed by atoms with E-state index in [0.717, 1.165) is 25.0 Å². The van der Waals surface area contributed by atoms with Gasteiger partial charge in [-0.2, -0.15) is 23.5 Å². The van der Waals surface area contributed by atoms with E-state index in [1.807, 2.05) is 11.2 Å². The van der Waals surface area contributed by atoms with Crippen molar-refractivity contribution in [3.63, 3.8) is 0 Å². The van der Waals surface area contributed by atoms with Crippen molar-refractivity contribution in [3.05, 3.63) is 46.0 Å². The third kappa shape index (κ3) is 6.37. The molecule has 2 fully saturated rings. The number of carbonyl (C=O) groups excluding carboxylic acids is 1. The lowest BCUT2D eigenvalue weighted by Gasteiger charge is -2.28. The van der Waals surface area contributed by atoms with E-state index in [9.17, 15) is 22.8 Å². The molecule has 4 rings (SSSR count). The van der Waals surface area contributed by atoms with E-state index in [-0.39, 0.29) is 37.3 Å². The summed E-state index contributed by atoms with van der Waals surface area (Å²) in [5.74, 6) is 0.720. The summed E-state index contributed by atoms with van der Waals surface area (Å²) >= 11 is 0. The number of halogens is 3. The molecule has 1 N–H and O–H groups in total. The summed E-state index contributed by atoms with van der Waals surface area (Å²) in [6.45, 7) is 3.17. The van der Waals surface area contributed by atoms with Gasteiger partial charge in [-0.05, 0) is 31.4 Å². The van der Waals surface area contributed by atoms with E-state index < -0.39 is 17.3 Å². The smallest absolute Gasteiger partial charge is 0.379 e. The zero-order valence-electron chi connectivity index (χ0n) is 20.2. The number of pyridine rings is 1. The SMILES string of the molecule is N#Cc1ccc(N2CCCN(C(=O)CCOC[C@@H]3CCCN3c3cn[nH]c(=O)c3C(F)(F)F)CC2)nc1. The van der Waals surface area contributed by atoms with E-state index in [4.69, 9.17) is 10.00 Å². The number of amides is 1. The Morgan fingerprint density at radius 2 is 2.00 bits per heavy atom. The van der Waals surface area contributed by atoms with Crippen LogP contribution in [0.15, 0.2) is 29.3 Å². The third-order valence-corrected chi connectivity index (χ3v) is 6.63. The van der Waals surface area contributed by atoms with E-state index >= 15 is 0 Å². The lowest BCUT2D eigenvalue weighted by molar-refractivity contribution is -0.138. The Hall–Kier alpha value is -3.66. The number of H-pyrrole nitrogens is 1. The van der Waals surface area contributed by atoms with E-state index in [0.29, 0.717) is 44.6 Å². The molecule has 10 nitrogen and oxygen atoms in total. The van der Waals surface area contributed by atoms with Crippen LogP contribution in [0.1, 0.15) is 36.8 Å². The van der Waals surface area contributed by atoms with Crippen LogP contribution >= 0.6 is 0 Å². The van der Waals surface area contributed by atoms with Crippen molar-refractivity contribution in [1.29, 1.82) is 5.26 Å². The Morgan fingerprint density at radius 3 is 2.73 bits per heavy atom. The molecule has 0 spiro atoms. The number of carbonyl (C=O) groups is 1. The summed E-state index contributed by atoms with van der Waals surface area (Å²) in [4.78, 5) is 34.3. The number of anilines is 2. The quantitative estimate of drug-likeness (QED) is 0.553. The van der Waals surface area contributed by atoms with Crippen molar-refractivity contribution < 1.29 is 22.7 Å². The lowest BCUT2D eigenvalue weighted by Crippen LogP contribution is -2.38. The highest BCUT2D eigenvalue weighted by Gasteiger charge is 2.40. The molecule has 1 amide bonds. The van der Waals surface area contributed by atoms with Gasteiger partial charge in [-0.25, -0.2) is 10.1 Å². The standard InChI is InChI=1S/C24H28F3N7O3/c25-24(26,27)22-19(15-30-31-23(22)36)34-9-1-3-18(34)16-37-12-6-21(35)33-8-2-7-32(10-11-33)20-5-4-17(13-28)14-29-20/h4-5,14-15,18H,1-3,6-12,16H2,(H,31,36)/t18-/m0/s1. The first-order chi connectivity index (χ1) is 17.8. The van der Waals surface area contributed by atoms with Crippen molar-refractivity contribution >= 4 is 17.4 Å². The molecule has 0 bridgehead atoms. The molecule has 2 saturated heterocycles. The van der Waals surface area contributed by atoms with Crippen molar-refractivity contribution in [1.82, 2.24) is 20.1 Å². The molecule has 13 heteroatoms. The maximum Gasteiger partial charge on any atom is 0.423 e. The van der Waals surface area contributed by atoms with Crippen LogP contribution in [0.2, 0.25) is 0 Å². The molecular weight excluding hydrogens is 491 g/mol. The van der Waals surface area contributed by atoms with Gasteiger partial charge in [0.25, 0.3) is 5.56 Å². The minimum Gasteiger partial charge on any atom is -0.379 e.